The molecule has 0 bridgehead atoms. The van der Waals surface area contributed by atoms with Gasteiger partial charge in [-0.15, -0.1) is 0 Å². The van der Waals surface area contributed by atoms with E-state index in [1.165, 1.54) is 6.92 Å². The molecule has 19 heavy (non-hydrogen) atoms. The molecule has 1 aromatic rings. The number of hydrogen-bond acceptors (Lipinski definition) is 3. The summed E-state index contributed by atoms with van der Waals surface area (Å²) in [5, 5.41) is 0. The maximum atomic E-state index is 12.3. The van der Waals surface area contributed by atoms with Gasteiger partial charge in [-0.05, 0) is 32.0 Å². The van der Waals surface area contributed by atoms with E-state index in [4.69, 9.17) is 4.74 Å². The Morgan fingerprint density at radius 3 is 2.63 bits per heavy atom. The second kappa shape index (κ2) is 5.03. The third-order valence-corrected chi connectivity index (χ3v) is 3.18. The Balaban J connectivity index is 2.47. The van der Waals surface area contributed by atoms with Crippen LogP contribution in [0.4, 0.5) is 5.69 Å². The van der Waals surface area contributed by atoms with E-state index in [0.29, 0.717) is 23.5 Å². The minimum atomic E-state index is -0.0841. The first-order chi connectivity index (χ1) is 8.90. The number of hydrogen-bond donors (Lipinski definition) is 0. The van der Waals surface area contributed by atoms with Crippen LogP contribution in [0.3, 0.4) is 0 Å². The summed E-state index contributed by atoms with van der Waals surface area (Å²) < 4.78 is 5.72. The summed E-state index contributed by atoms with van der Waals surface area (Å²) in [4.78, 5) is 25.5. The summed E-state index contributed by atoms with van der Waals surface area (Å²) in [6.45, 7) is 7.71. The van der Waals surface area contributed by atoms with Crippen LogP contribution in [0.5, 0.6) is 5.75 Å². The van der Waals surface area contributed by atoms with Crippen LogP contribution >= 0.6 is 0 Å². The predicted octanol–water partition coefficient (Wildman–Crippen LogP) is 2.66. The fourth-order valence-corrected chi connectivity index (χ4v) is 2.18. The molecule has 0 saturated heterocycles. The number of carbonyl (C=O) groups excluding carboxylic acids is 2. The third-order valence-electron chi connectivity index (χ3n) is 3.18. The number of ketones is 1. The van der Waals surface area contributed by atoms with E-state index in [-0.39, 0.29) is 23.7 Å². The first-order valence-corrected chi connectivity index (χ1v) is 6.53. The van der Waals surface area contributed by atoms with E-state index < -0.39 is 0 Å². The number of nitrogens with zero attached hydrogens (tertiary/aromatic N) is 1. The first kappa shape index (κ1) is 13.6. The van der Waals surface area contributed by atoms with Gasteiger partial charge in [0.05, 0.1) is 12.2 Å². The van der Waals surface area contributed by atoms with E-state index in [0.717, 1.165) is 0 Å². The Morgan fingerprint density at radius 2 is 2.05 bits per heavy atom. The quantitative estimate of drug-likeness (QED) is 0.769. The number of rotatable bonds is 2. The lowest BCUT2D eigenvalue weighted by molar-refractivity contribution is -0.121. The van der Waals surface area contributed by atoms with E-state index in [9.17, 15) is 9.59 Å². The van der Waals surface area contributed by atoms with Crippen molar-refractivity contribution in [3.05, 3.63) is 23.8 Å². The highest BCUT2D eigenvalue weighted by Crippen LogP contribution is 2.35. The van der Waals surface area contributed by atoms with Crippen LogP contribution in [0.15, 0.2) is 18.2 Å². The van der Waals surface area contributed by atoms with Crippen LogP contribution in [0, 0.1) is 5.92 Å². The molecule has 0 spiro atoms. The molecule has 102 valence electrons. The van der Waals surface area contributed by atoms with Gasteiger partial charge in [0, 0.05) is 11.5 Å². The van der Waals surface area contributed by atoms with Crippen LogP contribution in [0.2, 0.25) is 0 Å². The summed E-state index contributed by atoms with van der Waals surface area (Å²) in [6, 6.07) is 5.24. The lowest BCUT2D eigenvalue weighted by Crippen LogP contribution is -2.44. The standard InChI is InChI=1S/C15H19NO3/c1-9(2)15(18)16-8-10(3)19-14-6-5-12(11(4)17)7-13(14)16/h5-7,9-10H,8H2,1-4H3. The normalized spacial score (nSPS) is 17.9. The Morgan fingerprint density at radius 1 is 1.37 bits per heavy atom. The van der Waals surface area contributed by atoms with Gasteiger partial charge >= 0.3 is 0 Å². The van der Waals surface area contributed by atoms with Gasteiger partial charge in [-0.1, -0.05) is 13.8 Å². The van der Waals surface area contributed by atoms with Crippen molar-refractivity contribution >= 4 is 17.4 Å². The molecule has 1 aliphatic heterocycles. The summed E-state index contributed by atoms with van der Waals surface area (Å²) in [6.07, 6.45) is -0.0432. The molecule has 1 amide bonds. The zero-order chi connectivity index (χ0) is 14.2. The number of fused-ring (bicyclic) bond motifs is 1. The fourth-order valence-electron chi connectivity index (χ4n) is 2.18. The van der Waals surface area contributed by atoms with Gasteiger partial charge in [-0.3, -0.25) is 9.59 Å². The molecule has 0 aromatic heterocycles. The molecule has 1 aromatic carbocycles. The monoisotopic (exact) mass is 261 g/mol. The molecule has 1 heterocycles. The van der Waals surface area contributed by atoms with Crippen molar-refractivity contribution in [3.8, 4) is 5.75 Å². The average Bonchev–Trinajstić information content (AvgIpc) is 2.35. The second-order valence-electron chi connectivity index (χ2n) is 5.27. The van der Waals surface area contributed by atoms with E-state index in [1.807, 2.05) is 20.8 Å². The van der Waals surface area contributed by atoms with Gasteiger partial charge in [0.1, 0.15) is 11.9 Å². The number of benzene rings is 1. The van der Waals surface area contributed by atoms with Crippen molar-refractivity contribution in [1.29, 1.82) is 0 Å². The first-order valence-electron chi connectivity index (χ1n) is 6.53. The highest BCUT2D eigenvalue weighted by atomic mass is 16.5. The highest BCUT2D eigenvalue weighted by molar-refractivity contribution is 6.00. The topological polar surface area (TPSA) is 46.6 Å². The number of amides is 1. The zero-order valence-electron chi connectivity index (χ0n) is 11.8. The molecule has 1 aliphatic rings. The van der Waals surface area contributed by atoms with Gasteiger partial charge in [0.2, 0.25) is 5.91 Å². The minimum Gasteiger partial charge on any atom is -0.487 e. The Hall–Kier alpha value is -1.84. The second-order valence-corrected chi connectivity index (χ2v) is 5.27. The zero-order valence-corrected chi connectivity index (χ0v) is 11.8. The average molecular weight is 261 g/mol. The molecule has 0 N–H and O–H groups in total. The molecular weight excluding hydrogens is 242 g/mol. The van der Waals surface area contributed by atoms with Crippen molar-refractivity contribution in [2.75, 3.05) is 11.4 Å². The molecular formula is C15H19NO3. The molecule has 1 atom stereocenters. The number of Topliss-reactive ketones (excluding diaryl/α,β-unsaturated/α-hetero) is 1. The molecule has 0 radical (unpaired) electrons. The van der Waals surface area contributed by atoms with Crippen LogP contribution in [0.1, 0.15) is 38.1 Å². The minimum absolute atomic E-state index is 0.0154. The summed E-state index contributed by atoms with van der Waals surface area (Å²) >= 11 is 0. The molecule has 4 nitrogen and oxygen atoms in total. The fraction of sp³-hybridized carbons (Fsp3) is 0.467. The largest absolute Gasteiger partial charge is 0.487 e. The van der Waals surface area contributed by atoms with E-state index in [1.54, 1.807) is 23.1 Å². The predicted molar refractivity (Wildman–Crippen MR) is 73.7 cm³/mol. The van der Waals surface area contributed by atoms with Crippen LogP contribution in [0.25, 0.3) is 0 Å². The van der Waals surface area contributed by atoms with Crippen LogP contribution < -0.4 is 9.64 Å². The number of ether oxygens (including phenoxy) is 1. The van der Waals surface area contributed by atoms with Gasteiger partial charge in [0.25, 0.3) is 0 Å². The maximum Gasteiger partial charge on any atom is 0.229 e. The molecule has 0 aliphatic carbocycles. The van der Waals surface area contributed by atoms with E-state index >= 15 is 0 Å². The van der Waals surface area contributed by atoms with Crippen molar-refractivity contribution in [2.45, 2.75) is 33.8 Å². The maximum absolute atomic E-state index is 12.3. The lowest BCUT2D eigenvalue weighted by Gasteiger charge is -2.34. The number of anilines is 1. The number of carbonyl (C=O) groups is 2. The van der Waals surface area contributed by atoms with Gasteiger partial charge in [-0.2, -0.15) is 0 Å². The summed E-state index contributed by atoms with van der Waals surface area (Å²) in [5.41, 5.74) is 1.29. The lowest BCUT2D eigenvalue weighted by atomic mass is 10.1. The molecule has 0 fully saturated rings. The van der Waals surface area contributed by atoms with Crippen molar-refractivity contribution in [3.63, 3.8) is 0 Å². The van der Waals surface area contributed by atoms with Crippen molar-refractivity contribution in [1.82, 2.24) is 0 Å². The van der Waals surface area contributed by atoms with Crippen molar-refractivity contribution < 1.29 is 14.3 Å². The third kappa shape index (κ3) is 2.62. The molecule has 4 heteroatoms. The smallest absolute Gasteiger partial charge is 0.229 e. The summed E-state index contributed by atoms with van der Waals surface area (Å²) in [5.74, 6) is 0.618. The van der Waals surface area contributed by atoms with E-state index in [2.05, 4.69) is 0 Å². The molecule has 2 rings (SSSR count). The van der Waals surface area contributed by atoms with Crippen LogP contribution in [-0.2, 0) is 4.79 Å². The Kier molecular flexibility index (Phi) is 3.60. The SMILES string of the molecule is CC(=O)c1ccc2c(c1)N(C(=O)C(C)C)CC(C)O2. The Bertz CT molecular complexity index is 522. The van der Waals surface area contributed by atoms with Crippen molar-refractivity contribution in [2.24, 2.45) is 5.92 Å². The van der Waals surface area contributed by atoms with Gasteiger partial charge in [-0.25, -0.2) is 0 Å². The summed E-state index contributed by atoms with van der Waals surface area (Å²) in [7, 11) is 0. The Labute approximate surface area is 113 Å². The highest BCUT2D eigenvalue weighted by Gasteiger charge is 2.29. The van der Waals surface area contributed by atoms with Gasteiger partial charge in [0.15, 0.2) is 5.78 Å². The van der Waals surface area contributed by atoms with Gasteiger partial charge < -0.3 is 9.64 Å². The molecule has 1 unspecified atom stereocenters. The van der Waals surface area contributed by atoms with Crippen LogP contribution in [-0.4, -0.2) is 24.3 Å². The molecule has 0 saturated carbocycles.